The Hall–Kier alpha value is -3.25. The van der Waals surface area contributed by atoms with Crippen LogP contribution in [0.5, 0.6) is 0 Å². The van der Waals surface area contributed by atoms with Crippen LogP contribution in [0.25, 0.3) is 10.9 Å². The summed E-state index contributed by atoms with van der Waals surface area (Å²) in [5, 5.41) is 3.73. The fourth-order valence-corrected chi connectivity index (χ4v) is 3.90. The van der Waals surface area contributed by atoms with Gasteiger partial charge in [0.1, 0.15) is 0 Å². The number of fused-ring (bicyclic) bond motifs is 1. The van der Waals surface area contributed by atoms with Gasteiger partial charge in [0.2, 0.25) is 0 Å². The van der Waals surface area contributed by atoms with Crippen molar-refractivity contribution in [2.75, 3.05) is 33.4 Å². The van der Waals surface area contributed by atoms with Crippen LogP contribution in [0.1, 0.15) is 38.7 Å². The maximum atomic E-state index is 12.8. The molecule has 0 radical (unpaired) electrons. The number of amides is 2. The first-order valence-electron chi connectivity index (χ1n) is 10.2. The lowest BCUT2D eigenvalue weighted by Gasteiger charge is -2.17. The zero-order chi connectivity index (χ0) is 20.9. The quantitative estimate of drug-likeness (QED) is 0.642. The Morgan fingerprint density at radius 2 is 1.90 bits per heavy atom. The molecule has 2 amide bonds. The fraction of sp³-hybridized carbons (Fsp3) is 0.292. The number of carbonyl (C=O) groups excluding carboxylic acids is 2. The second-order valence-corrected chi connectivity index (χ2v) is 7.46. The lowest BCUT2D eigenvalue weighted by atomic mass is 9.99. The van der Waals surface area contributed by atoms with E-state index in [1.807, 2.05) is 65.6 Å². The van der Waals surface area contributed by atoms with Gasteiger partial charge in [0.25, 0.3) is 11.8 Å². The number of aromatic nitrogens is 1. The van der Waals surface area contributed by atoms with Crippen molar-refractivity contribution in [3.63, 3.8) is 0 Å². The van der Waals surface area contributed by atoms with Gasteiger partial charge in [-0.25, -0.2) is 0 Å². The van der Waals surface area contributed by atoms with E-state index >= 15 is 0 Å². The predicted molar refractivity (Wildman–Crippen MR) is 116 cm³/mol. The van der Waals surface area contributed by atoms with E-state index < -0.39 is 0 Å². The molecule has 1 aliphatic rings. The van der Waals surface area contributed by atoms with Crippen LogP contribution in [0.15, 0.2) is 60.7 Å². The van der Waals surface area contributed by atoms with Crippen molar-refractivity contribution >= 4 is 22.7 Å². The number of methoxy groups -OCH3 is 1. The predicted octanol–water partition coefficient (Wildman–Crippen LogP) is 3.24. The molecule has 1 saturated heterocycles. The van der Waals surface area contributed by atoms with Crippen LogP contribution in [-0.2, 0) is 4.74 Å². The molecule has 4 rings (SSSR count). The second-order valence-electron chi connectivity index (χ2n) is 7.46. The molecule has 1 aromatic heterocycles. The van der Waals surface area contributed by atoms with Gasteiger partial charge in [0.05, 0.1) is 17.7 Å². The van der Waals surface area contributed by atoms with Crippen molar-refractivity contribution in [1.82, 2.24) is 15.2 Å². The number of nitrogens with one attached hydrogen (secondary N) is 1. The average Bonchev–Trinajstić information content (AvgIpc) is 3.29. The van der Waals surface area contributed by atoms with E-state index in [0.29, 0.717) is 37.4 Å². The summed E-state index contributed by atoms with van der Waals surface area (Å²) in [6.07, 6.45) is 0.828. The molecule has 30 heavy (non-hydrogen) atoms. The second kappa shape index (κ2) is 9.05. The Morgan fingerprint density at radius 1 is 1.13 bits per heavy atom. The minimum atomic E-state index is -0.137. The highest BCUT2D eigenvalue weighted by Gasteiger charge is 2.29. The van der Waals surface area contributed by atoms with Gasteiger partial charge in [-0.15, -0.1) is 0 Å². The first-order valence-corrected chi connectivity index (χ1v) is 10.2. The van der Waals surface area contributed by atoms with Crippen molar-refractivity contribution < 1.29 is 14.3 Å². The molecule has 1 N–H and O–H groups in total. The molecule has 2 heterocycles. The minimum Gasteiger partial charge on any atom is -0.383 e. The summed E-state index contributed by atoms with van der Waals surface area (Å²) in [6.45, 7) is 2.19. The number of hydrogen-bond donors (Lipinski definition) is 1. The van der Waals surface area contributed by atoms with Crippen LogP contribution < -0.4 is 5.32 Å². The highest BCUT2D eigenvalue weighted by Crippen LogP contribution is 2.30. The number of ether oxygens (including phenoxy) is 1. The molecule has 6 nitrogen and oxygen atoms in total. The SMILES string of the molecule is COCCNC(=O)c1cc([C@@H]2CCN(C(=O)c3ccccc3)C2)nc2ccccc12. The van der Waals surface area contributed by atoms with E-state index in [2.05, 4.69) is 5.32 Å². The smallest absolute Gasteiger partial charge is 0.253 e. The van der Waals surface area contributed by atoms with Crippen LogP contribution in [0.2, 0.25) is 0 Å². The van der Waals surface area contributed by atoms with Gasteiger partial charge in [-0.2, -0.15) is 0 Å². The van der Waals surface area contributed by atoms with Crippen LogP contribution in [0, 0.1) is 0 Å². The van der Waals surface area contributed by atoms with E-state index in [-0.39, 0.29) is 17.7 Å². The third-order valence-corrected chi connectivity index (χ3v) is 5.49. The third-order valence-electron chi connectivity index (χ3n) is 5.49. The molecule has 2 aromatic carbocycles. The zero-order valence-corrected chi connectivity index (χ0v) is 17.0. The molecule has 1 fully saturated rings. The molecule has 0 unspecified atom stereocenters. The normalized spacial score (nSPS) is 16.0. The topological polar surface area (TPSA) is 71.5 Å². The van der Waals surface area contributed by atoms with Crippen molar-refractivity contribution in [1.29, 1.82) is 0 Å². The maximum absolute atomic E-state index is 12.8. The van der Waals surface area contributed by atoms with E-state index in [1.165, 1.54) is 0 Å². The summed E-state index contributed by atoms with van der Waals surface area (Å²) in [4.78, 5) is 32.3. The minimum absolute atomic E-state index is 0.0384. The number of pyridine rings is 1. The molecule has 0 aliphatic carbocycles. The first-order chi connectivity index (χ1) is 14.7. The van der Waals surface area contributed by atoms with Crippen LogP contribution in [0.3, 0.4) is 0 Å². The Kier molecular flexibility index (Phi) is 6.05. The number of likely N-dealkylation sites (tertiary alicyclic amines) is 1. The maximum Gasteiger partial charge on any atom is 0.253 e. The molecule has 3 aromatic rings. The standard InChI is InChI=1S/C24H25N3O3/c1-30-14-12-25-23(28)20-15-22(26-21-10-6-5-9-19(20)21)18-11-13-27(16-18)24(29)17-7-3-2-4-8-17/h2-10,15,18H,11-14,16H2,1H3,(H,25,28)/t18-/m1/s1. The summed E-state index contributed by atoms with van der Waals surface area (Å²) < 4.78 is 5.03. The van der Waals surface area contributed by atoms with Crippen LogP contribution in [0.4, 0.5) is 0 Å². The van der Waals surface area contributed by atoms with Crippen molar-refractivity contribution in [2.45, 2.75) is 12.3 Å². The van der Waals surface area contributed by atoms with Gasteiger partial charge >= 0.3 is 0 Å². The number of hydrogen-bond acceptors (Lipinski definition) is 4. The Bertz CT molecular complexity index is 1050. The molecular formula is C24H25N3O3. The number of benzene rings is 2. The van der Waals surface area contributed by atoms with Crippen molar-refractivity contribution in [3.8, 4) is 0 Å². The summed E-state index contributed by atoms with van der Waals surface area (Å²) in [7, 11) is 1.61. The van der Waals surface area contributed by atoms with Gasteiger partial charge in [0.15, 0.2) is 0 Å². The van der Waals surface area contributed by atoms with Gasteiger partial charge in [0, 0.05) is 49.3 Å². The molecule has 6 heteroatoms. The Labute approximate surface area is 175 Å². The highest BCUT2D eigenvalue weighted by atomic mass is 16.5. The lowest BCUT2D eigenvalue weighted by molar-refractivity contribution is 0.0790. The number of nitrogens with zero attached hydrogens (tertiary/aromatic N) is 2. The van der Waals surface area contributed by atoms with Crippen molar-refractivity contribution in [2.24, 2.45) is 0 Å². The molecule has 0 bridgehead atoms. The van der Waals surface area contributed by atoms with Crippen LogP contribution >= 0.6 is 0 Å². The summed E-state index contributed by atoms with van der Waals surface area (Å²) in [6, 6.07) is 18.9. The van der Waals surface area contributed by atoms with Gasteiger partial charge in [-0.05, 0) is 30.7 Å². The van der Waals surface area contributed by atoms with Crippen molar-refractivity contribution in [3.05, 3.63) is 77.5 Å². The summed E-state index contributed by atoms with van der Waals surface area (Å²) in [5.74, 6) is 0.00586. The summed E-state index contributed by atoms with van der Waals surface area (Å²) in [5.41, 5.74) is 2.95. The Morgan fingerprint density at radius 3 is 2.70 bits per heavy atom. The van der Waals surface area contributed by atoms with E-state index in [4.69, 9.17) is 9.72 Å². The molecular weight excluding hydrogens is 378 g/mol. The largest absolute Gasteiger partial charge is 0.383 e. The molecule has 1 atom stereocenters. The molecule has 1 aliphatic heterocycles. The van der Waals surface area contributed by atoms with E-state index in [9.17, 15) is 9.59 Å². The van der Waals surface area contributed by atoms with E-state index in [0.717, 1.165) is 23.0 Å². The van der Waals surface area contributed by atoms with Gasteiger partial charge in [-0.1, -0.05) is 36.4 Å². The molecule has 154 valence electrons. The van der Waals surface area contributed by atoms with Gasteiger partial charge < -0.3 is 15.0 Å². The van der Waals surface area contributed by atoms with E-state index in [1.54, 1.807) is 7.11 Å². The summed E-state index contributed by atoms with van der Waals surface area (Å²) >= 11 is 0. The number of carbonyl (C=O) groups is 2. The lowest BCUT2D eigenvalue weighted by Crippen LogP contribution is -2.29. The number of rotatable bonds is 6. The third kappa shape index (κ3) is 4.19. The monoisotopic (exact) mass is 403 g/mol. The zero-order valence-electron chi connectivity index (χ0n) is 17.0. The Balaban J connectivity index is 1.58. The highest BCUT2D eigenvalue weighted by molar-refractivity contribution is 6.06. The first kappa shape index (κ1) is 20.0. The van der Waals surface area contributed by atoms with Gasteiger partial charge in [-0.3, -0.25) is 14.6 Å². The van der Waals surface area contributed by atoms with Crippen LogP contribution in [-0.4, -0.2) is 55.0 Å². The fourth-order valence-electron chi connectivity index (χ4n) is 3.90. The molecule has 0 spiro atoms. The molecule has 0 saturated carbocycles. The number of para-hydroxylation sites is 1. The average molecular weight is 403 g/mol.